The number of hydrogen-bond acceptors (Lipinski definition) is 2. The summed E-state index contributed by atoms with van der Waals surface area (Å²) < 4.78 is 5.60. The molecule has 2 atom stereocenters. The molecule has 2 unspecified atom stereocenters. The summed E-state index contributed by atoms with van der Waals surface area (Å²) >= 11 is 0. The van der Waals surface area contributed by atoms with Crippen LogP contribution in [0.1, 0.15) is 61.7 Å². The molecule has 1 saturated heterocycles. The molecule has 1 saturated carbocycles. The lowest BCUT2D eigenvalue weighted by Gasteiger charge is -2.15. The lowest BCUT2D eigenvalue weighted by atomic mass is 9.99. The monoisotopic (exact) mass is 246 g/mol. The standard InChI is InChI=1S/C16H22O2/c17-16(9-8-15-5-2-10-18-15)14-4-1-3-13(11-14)12-6-7-12/h1,3-4,11-12,15-17H,2,5-10H2. The minimum atomic E-state index is -0.326. The van der Waals surface area contributed by atoms with Gasteiger partial charge in [-0.15, -0.1) is 0 Å². The molecule has 2 aliphatic rings. The molecule has 1 aromatic carbocycles. The molecule has 0 amide bonds. The van der Waals surface area contributed by atoms with Crippen molar-refractivity contribution in [2.45, 2.75) is 56.7 Å². The number of benzene rings is 1. The van der Waals surface area contributed by atoms with E-state index in [2.05, 4.69) is 18.2 Å². The molecule has 3 rings (SSSR count). The van der Waals surface area contributed by atoms with Crippen LogP contribution in [0, 0.1) is 0 Å². The maximum Gasteiger partial charge on any atom is 0.0791 e. The van der Waals surface area contributed by atoms with Crippen molar-refractivity contribution >= 4 is 0 Å². The van der Waals surface area contributed by atoms with E-state index in [1.54, 1.807) is 0 Å². The molecule has 98 valence electrons. The average Bonchev–Trinajstić information content (AvgIpc) is 3.13. The summed E-state index contributed by atoms with van der Waals surface area (Å²) in [4.78, 5) is 0. The lowest BCUT2D eigenvalue weighted by molar-refractivity contribution is 0.0812. The molecule has 2 heteroatoms. The van der Waals surface area contributed by atoms with Crippen LogP contribution in [0.2, 0.25) is 0 Å². The van der Waals surface area contributed by atoms with Crippen LogP contribution >= 0.6 is 0 Å². The van der Waals surface area contributed by atoms with E-state index in [0.29, 0.717) is 6.10 Å². The van der Waals surface area contributed by atoms with Gasteiger partial charge in [-0.3, -0.25) is 0 Å². The highest BCUT2D eigenvalue weighted by molar-refractivity contribution is 5.30. The molecule has 1 aromatic rings. The molecule has 2 nitrogen and oxygen atoms in total. The largest absolute Gasteiger partial charge is 0.388 e. The van der Waals surface area contributed by atoms with Gasteiger partial charge in [-0.2, -0.15) is 0 Å². The van der Waals surface area contributed by atoms with Gasteiger partial charge in [0.05, 0.1) is 12.2 Å². The minimum Gasteiger partial charge on any atom is -0.388 e. The Morgan fingerprint density at radius 3 is 2.89 bits per heavy atom. The summed E-state index contributed by atoms with van der Waals surface area (Å²) in [6.45, 7) is 0.901. The number of ether oxygens (including phenoxy) is 1. The molecule has 1 aliphatic heterocycles. The second-order valence-corrected chi connectivity index (χ2v) is 5.67. The van der Waals surface area contributed by atoms with Crippen molar-refractivity contribution in [3.8, 4) is 0 Å². The molecule has 0 spiro atoms. The van der Waals surface area contributed by atoms with E-state index in [0.717, 1.165) is 37.4 Å². The Balaban J connectivity index is 1.56. The normalized spacial score (nSPS) is 25.3. The van der Waals surface area contributed by atoms with Gasteiger partial charge in [0.25, 0.3) is 0 Å². The Bertz CT molecular complexity index is 392. The maximum atomic E-state index is 10.3. The van der Waals surface area contributed by atoms with E-state index in [-0.39, 0.29) is 6.10 Å². The number of rotatable bonds is 5. The minimum absolute atomic E-state index is 0.326. The first kappa shape index (κ1) is 12.2. The fourth-order valence-electron chi connectivity index (χ4n) is 2.82. The van der Waals surface area contributed by atoms with Gasteiger partial charge in [0.2, 0.25) is 0 Å². The highest BCUT2D eigenvalue weighted by Gasteiger charge is 2.24. The Morgan fingerprint density at radius 2 is 2.17 bits per heavy atom. The van der Waals surface area contributed by atoms with Crippen molar-refractivity contribution in [1.82, 2.24) is 0 Å². The molecule has 0 aromatic heterocycles. The van der Waals surface area contributed by atoms with E-state index in [4.69, 9.17) is 4.74 Å². The summed E-state index contributed by atoms with van der Waals surface area (Å²) in [6, 6.07) is 8.51. The van der Waals surface area contributed by atoms with Crippen molar-refractivity contribution in [2.24, 2.45) is 0 Å². The summed E-state index contributed by atoms with van der Waals surface area (Å²) in [5, 5.41) is 10.3. The topological polar surface area (TPSA) is 29.5 Å². The highest BCUT2D eigenvalue weighted by Crippen LogP contribution is 2.40. The fourth-order valence-corrected chi connectivity index (χ4v) is 2.82. The summed E-state index contributed by atoms with van der Waals surface area (Å²) in [7, 11) is 0. The maximum absolute atomic E-state index is 10.3. The van der Waals surface area contributed by atoms with Crippen LogP contribution in [0.25, 0.3) is 0 Å². The Morgan fingerprint density at radius 1 is 1.28 bits per heavy atom. The van der Waals surface area contributed by atoms with Gasteiger partial charge in [-0.25, -0.2) is 0 Å². The van der Waals surface area contributed by atoms with Crippen LogP contribution in [-0.4, -0.2) is 17.8 Å². The van der Waals surface area contributed by atoms with Crippen LogP contribution < -0.4 is 0 Å². The van der Waals surface area contributed by atoms with Crippen LogP contribution in [0.4, 0.5) is 0 Å². The summed E-state index contributed by atoms with van der Waals surface area (Å²) in [5.41, 5.74) is 2.49. The first-order valence-electron chi connectivity index (χ1n) is 7.22. The third-order valence-electron chi connectivity index (χ3n) is 4.13. The third kappa shape index (κ3) is 2.93. The SMILES string of the molecule is OC(CCC1CCCO1)c1cccc(C2CC2)c1. The molecular formula is C16H22O2. The van der Waals surface area contributed by atoms with Crippen molar-refractivity contribution in [2.75, 3.05) is 6.61 Å². The molecule has 1 N–H and O–H groups in total. The van der Waals surface area contributed by atoms with Gasteiger partial charge in [0, 0.05) is 6.61 Å². The molecule has 1 heterocycles. The van der Waals surface area contributed by atoms with Crippen LogP contribution in [0.3, 0.4) is 0 Å². The zero-order chi connectivity index (χ0) is 12.4. The van der Waals surface area contributed by atoms with E-state index in [1.807, 2.05) is 6.07 Å². The van der Waals surface area contributed by atoms with Crippen LogP contribution in [-0.2, 0) is 4.74 Å². The molecular weight excluding hydrogens is 224 g/mol. The van der Waals surface area contributed by atoms with Gasteiger partial charge >= 0.3 is 0 Å². The summed E-state index contributed by atoms with van der Waals surface area (Å²) in [5.74, 6) is 0.760. The van der Waals surface area contributed by atoms with E-state index >= 15 is 0 Å². The van der Waals surface area contributed by atoms with E-state index < -0.39 is 0 Å². The van der Waals surface area contributed by atoms with Crippen LogP contribution in [0.5, 0.6) is 0 Å². The summed E-state index contributed by atoms with van der Waals surface area (Å²) in [6.07, 6.45) is 6.82. The Kier molecular flexibility index (Phi) is 3.67. The quantitative estimate of drug-likeness (QED) is 0.860. The predicted octanol–water partition coefficient (Wildman–Crippen LogP) is 3.56. The lowest BCUT2D eigenvalue weighted by Crippen LogP contribution is -2.08. The van der Waals surface area contributed by atoms with Gasteiger partial charge < -0.3 is 9.84 Å². The van der Waals surface area contributed by atoms with Crippen molar-refractivity contribution in [3.05, 3.63) is 35.4 Å². The Labute approximate surface area is 109 Å². The zero-order valence-electron chi connectivity index (χ0n) is 10.8. The van der Waals surface area contributed by atoms with Gasteiger partial charge in [0.15, 0.2) is 0 Å². The number of aliphatic hydroxyl groups is 1. The smallest absolute Gasteiger partial charge is 0.0791 e. The first-order chi connectivity index (χ1) is 8.83. The fraction of sp³-hybridized carbons (Fsp3) is 0.625. The van der Waals surface area contributed by atoms with Crippen molar-refractivity contribution in [3.63, 3.8) is 0 Å². The number of hydrogen-bond donors (Lipinski definition) is 1. The second-order valence-electron chi connectivity index (χ2n) is 5.67. The van der Waals surface area contributed by atoms with Crippen LogP contribution in [0.15, 0.2) is 24.3 Å². The van der Waals surface area contributed by atoms with E-state index in [9.17, 15) is 5.11 Å². The predicted molar refractivity (Wildman–Crippen MR) is 71.6 cm³/mol. The van der Waals surface area contributed by atoms with E-state index in [1.165, 1.54) is 24.8 Å². The molecule has 0 bridgehead atoms. The van der Waals surface area contributed by atoms with Gasteiger partial charge in [0.1, 0.15) is 0 Å². The average molecular weight is 246 g/mol. The zero-order valence-corrected chi connectivity index (χ0v) is 10.8. The Hall–Kier alpha value is -0.860. The second kappa shape index (κ2) is 5.41. The highest BCUT2D eigenvalue weighted by atomic mass is 16.5. The number of aliphatic hydroxyl groups excluding tert-OH is 1. The molecule has 0 radical (unpaired) electrons. The van der Waals surface area contributed by atoms with Gasteiger partial charge in [-0.05, 0) is 55.6 Å². The third-order valence-corrected chi connectivity index (χ3v) is 4.13. The van der Waals surface area contributed by atoms with Crippen molar-refractivity contribution < 1.29 is 9.84 Å². The molecule has 18 heavy (non-hydrogen) atoms. The molecule has 1 aliphatic carbocycles. The molecule has 2 fully saturated rings. The van der Waals surface area contributed by atoms with Gasteiger partial charge in [-0.1, -0.05) is 24.3 Å². The van der Waals surface area contributed by atoms with Crippen molar-refractivity contribution in [1.29, 1.82) is 0 Å². The first-order valence-corrected chi connectivity index (χ1v) is 7.22.